The molecule has 2 unspecified atom stereocenters. The molecule has 2 rings (SSSR count). The van der Waals surface area contributed by atoms with E-state index in [1.165, 1.54) is 6.07 Å². The van der Waals surface area contributed by atoms with Crippen molar-refractivity contribution in [3.05, 3.63) is 30.1 Å². The maximum atomic E-state index is 13.2. The zero-order valence-electron chi connectivity index (χ0n) is 12.2. The Morgan fingerprint density at radius 1 is 1.42 bits per heavy atom. The molecule has 1 aromatic rings. The van der Waals surface area contributed by atoms with E-state index < -0.39 is 0 Å². The smallest absolute Gasteiger partial charge is 0.125 e. The van der Waals surface area contributed by atoms with E-state index in [2.05, 4.69) is 33.0 Å². The van der Waals surface area contributed by atoms with Crippen LogP contribution in [0.1, 0.15) is 34.1 Å². The van der Waals surface area contributed by atoms with E-state index in [1.54, 1.807) is 12.1 Å². The first-order valence-electron chi connectivity index (χ1n) is 7.03. The zero-order valence-corrected chi connectivity index (χ0v) is 12.2. The molecule has 1 aliphatic rings. The van der Waals surface area contributed by atoms with Gasteiger partial charge in [0.15, 0.2) is 0 Å². The van der Waals surface area contributed by atoms with Crippen molar-refractivity contribution in [1.82, 2.24) is 0 Å². The number of hydrogen-bond acceptors (Lipinski definition) is 2. The molecular weight excluding hydrogens is 241 g/mol. The van der Waals surface area contributed by atoms with E-state index in [4.69, 9.17) is 4.74 Å². The number of benzene rings is 1. The Morgan fingerprint density at radius 2 is 2.16 bits per heavy atom. The lowest BCUT2D eigenvalue weighted by Gasteiger charge is -2.52. The summed E-state index contributed by atoms with van der Waals surface area (Å²) in [6, 6.07) is 6.98. The maximum absolute atomic E-state index is 13.2. The molecule has 19 heavy (non-hydrogen) atoms. The summed E-state index contributed by atoms with van der Waals surface area (Å²) < 4.78 is 19.1. The van der Waals surface area contributed by atoms with Crippen molar-refractivity contribution in [2.75, 3.05) is 11.9 Å². The van der Waals surface area contributed by atoms with Crippen LogP contribution in [-0.4, -0.2) is 18.8 Å². The van der Waals surface area contributed by atoms with Gasteiger partial charge in [0.2, 0.25) is 0 Å². The molecule has 0 spiro atoms. The van der Waals surface area contributed by atoms with E-state index in [9.17, 15) is 4.39 Å². The molecule has 1 aliphatic carbocycles. The molecule has 1 fully saturated rings. The van der Waals surface area contributed by atoms with Crippen LogP contribution in [0.25, 0.3) is 0 Å². The summed E-state index contributed by atoms with van der Waals surface area (Å²) in [6.45, 7) is 9.54. The third kappa shape index (κ3) is 3.27. The Hall–Kier alpha value is -1.09. The van der Waals surface area contributed by atoms with Gasteiger partial charge >= 0.3 is 0 Å². The number of halogens is 1. The lowest BCUT2D eigenvalue weighted by molar-refractivity contribution is -0.108. The first-order chi connectivity index (χ1) is 8.89. The van der Waals surface area contributed by atoms with Crippen molar-refractivity contribution < 1.29 is 9.13 Å². The summed E-state index contributed by atoms with van der Waals surface area (Å²) in [5, 5.41) is 3.41. The summed E-state index contributed by atoms with van der Waals surface area (Å²) >= 11 is 0. The van der Waals surface area contributed by atoms with Gasteiger partial charge in [0.25, 0.3) is 0 Å². The van der Waals surface area contributed by atoms with Crippen LogP contribution in [-0.2, 0) is 4.74 Å². The van der Waals surface area contributed by atoms with Crippen molar-refractivity contribution in [3.63, 3.8) is 0 Å². The molecule has 1 saturated carbocycles. The van der Waals surface area contributed by atoms with Crippen LogP contribution in [0, 0.1) is 17.2 Å². The summed E-state index contributed by atoms with van der Waals surface area (Å²) in [5.74, 6) is 0.362. The molecule has 1 N–H and O–H groups in total. The van der Waals surface area contributed by atoms with Gasteiger partial charge in [0.1, 0.15) is 5.82 Å². The quantitative estimate of drug-likeness (QED) is 0.866. The number of rotatable bonds is 5. The van der Waals surface area contributed by atoms with Gasteiger partial charge < -0.3 is 10.1 Å². The van der Waals surface area contributed by atoms with Crippen LogP contribution in [0.4, 0.5) is 10.1 Å². The second-order valence-corrected chi connectivity index (χ2v) is 6.48. The van der Waals surface area contributed by atoms with Gasteiger partial charge in [-0.25, -0.2) is 4.39 Å². The fraction of sp³-hybridized carbons (Fsp3) is 0.625. The molecule has 0 saturated heterocycles. The predicted molar refractivity (Wildman–Crippen MR) is 76.8 cm³/mol. The number of hydrogen-bond donors (Lipinski definition) is 1. The Balaban J connectivity index is 1.90. The molecular formula is C16H24FNO. The molecule has 0 bridgehead atoms. The van der Waals surface area contributed by atoms with Crippen LogP contribution in [0.15, 0.2) is 24.3 Å². The highest BCUT2D eigenvalue weighted by Gasteiger charge is 2.49. The predicted octanol–water partition coefficient (Wildman–Crippen LogP) is 4.08. The molecule has 2 nitrogen and oxygen atoms in total. The zero-order chi connectivity index (χ0) is 14.0. The van der Waals surface area contributed by atoms with Crippen molar-refractivity contribution in [2.45, 2.75) is 46.3 Å². The van der Waals surface area contributed by atoms with Gasteiger partial charge in [0, 0.05) is 23.8 Å². The Kier molecular flexibility index (Phi) is 4.14. The fourth-order valence-electron chi connectivity index (χ4n) is 2.50. The molecule has 1 aromatic carbocycles. The molecule has 2 atom stereocenters. The fourth-order valence-corrected chi connectivity index (χ4v) is 2.50. The molecule has 0 heterocycles. The highest BCUT2D eigenvalue weighted by atomic mass is 19.1. The monoisotopic (exact) mass is 265 g/mol. The van der Waals surface area contributed by atoms with Crippen LogP contribution < -0.4 is 5.32 Å². The number of nitrogens with one attached hydrogen (secondary N) is 1. The van der Waals surface area contributed by atoms with E-state index in [-0.39, 0.29) is 11.2 Å². The van der Waals surface area contributed by atoms with E-state index in [0.717, 1.165) is 18.7 Å². The van der Waals surface area contributed by atoms with Crippen molar-refractivity contribution in [3.8, 4) is 0 Å². The highest BCUT2D eigenvalue weighted by molar-refractivity contribution is 5.45. The second-order valence-electron chi connectivity index (χ2n) is 6.48. The second kappa shape index (κ2) is 5.49. The minimum Gasteiger partial charge on any atom is -0.381 e. The number of anilines is 1. The third-order valence-electron chi connectivity index (χ3n) is 3.97. The first-order valence-corrected chi connectivity index (χ1v) is 7.03. The largest absolute Gasteiger partial charge is 0.381 e. The van der Waals surface area contributed by atoms with E-state index in [1.807, 2.05) is 6.07 Å². The maximum Gasteiger partial charge on any atom is 0.125 e. The average molecular weight is 265 g/mol. The molecule has 106 valence electrons. The first kappa shape index (κ1) is 14.3. The van der Waals surface area contributed by atoms with Gasteiger partial charge in [-0.1, -0.05) is 33.8 Å². The van der Waals surface area contributed by atoms with Crippen molar-refractivity contribution in [2.24, 2.45) is 11.3 Å². The topological polar surface area (TPSA) is 21.3 Å². The molecule has 0 amide bonds. The van der Waals surface area contributed by atoms with Gasteiger partial charge in [-0.3, -0.25) is 0 Å². The van der Waals surface area contributed by atoms with E-state index in [0.29, 0.717) is 18.1 Å². The Bertz CT molecular complexity index is 431. The SMILES string of the molecule is CC(C)COC1CC(Nc2cccc(F)c2)C1(C)C. The number of ether oxygens (including phenoxy) is 1. The highest BCUT2D eigenvalue weighted by Crippen LogP contribution is 2.44. The summed E-state index contributed by atoms with van der Waals surface area (Å²) in [4.78, 5) is 0. The molecule has 0 radical (unpaired) electrons. The van der Waals surface area contributed by atoms with Crippen LogP contribution in [0.3, 0.4) is 0 Å². The van der Waals surface area contributed by atoms with Crippen molar-refractivity contribution >= 4 is 5.69 Å². The van der Waals surface area contributed by atoms with E-state index >= 15 is 0 Å². The lowest BCUT2D eigenvalue weighted by Crippen LogP contribution is -2.58. The Labute approximate surface area is 115 Å². The molecule has 0 aliphatic heterocycles. The molecule has 0 aromatic heterocycles. The molecule has 3 heteroatoms. The van der Waals surface area contributed by atoms with Crippen molar-refractivity contribution in [1.29, 1.82) is 0 Å². The average Bonchev–Trinajstić information content (AvgIpc) is 2.32. The van der Waals surface area contributed by atoms with Gasteiger partial charge in [-0.2, -0.15) is 0 Å². The minimum absolute atomic E-state index is 0.0845. The van der Waals surface area contributed by atoms with Crippen LogP contribution in [0.5, 0.6) is 0 Å². The standard InChI is InChI=1S/C16H24FNO/c1-11(2)10-19-15-9-14(16(15,3)4)18-13-7-5-6-12(17)8-13/h5-8,11,14-15,18H,9-10H2,1-4H3. The third-order valence-corrected chi connectivity index (χ3v) is 3.97. The Morgan fingerprint density at radius 3 is 2.74 bits per heavy atom. The lowest BCUT2D eigenvalue weighted by atomic mass is 9.64. The van der Waals surface area contributed by atoms with Crippen LogP contribution >= 0.6 is 0 Å². The van der Waals surface area contributed by atoms with Gasteiger partial charge in [-0.05, 0) is 30.5 Å². The summed E-state index contributed by atoms with van der Waals surface area (Å²) in [5.41, 5.74) is 0.932. The normalized spacial score (nSPS) is 25.2. The summed E-state index contributed by atoms with van der Waals surface area (Å²) in [6.07, 6.45) is 1.27. The van der Waals surface area contributed by atoms with Crippen LogP contribution in [0.2, 0.25) is 0 Å². The minimum atomic E-state index is -0.199. The summed E-state index contributed by atoms with van der Waals surface area (Å²) in [7, 11) is 0. The van der Waals surface area contributed by atoms with Gasteiger partial charge in [-0.15, -0.1) is 0 Å². The van der Waals surface area contributed by atoms with Gasteiger partial charge in [0.05, 0.1) is 6.10 Å².